The van der Waals surface area contributed by atoms with Crippen molar-refractivity contribution < 1.29 is 23.9 Å². The molecule has 0 aromatic heterocycles. The first-order valence-corrected chi connectivity index (χ1v) is 5.76. The molecule has 1 N–H and O–H groups in total. The predicted molar refractivity (Wildman–Crippen MR) is 67.4 cm³/mol. The highest BCUT2D eigenvalue weighted by atomic mass is 16.5. The van der Waals surface area contributed by atoms with Gasteiger partial charge in [0.05, 0.1) is 19.8 Å². The van der Waals surface area contributed by atoms with Gasteiger partial charge in [0.25, 0.3) is 0 Å². The Kier molecular flexibility index (Phi) is 9.91. The van der Waals surface area contributed by atoms with Gasteiger partial charge in [0.1, 0.15) is 12.6 Å². The molecule has 0 saturated heterocycles. The van der Waals surface area contributed by atoms with Gasteiger partial charge in [0, 0.05) is 26.1 Å². The van der Waals surface area contributed by atoms with Gasteiger partial charge in [-0.05, 0) is 6.08 Å². The number of likely N-dealkylation sites (N-methyl/N-ethyl adjacent to an activating group) is 1. The molecule has 0 fully saturated rings. The first-order chi connectivity index (χ1) is 9.11. The highest BCUT2D eigenvalue weighted by molar-refractivity contribution is 5.90. The number of nitrogens with one attached hydrogen (secondary N) is 1. The van der Waals surface area contributed by atoms with Crippen LogP contribution >= 0.6 is 0 Å². The lowest BCUT2D eigenvalue weighted by molar-refractivity contribution is -0.126. The summed E-state index contributed by atoms with van der Waals surface area (Å²) in [5.41, 5.74) is 0. The molecule has 106 valence electrons. The van der Waals surface area contributed by atoms with Crippen LogP contribution in [0.3, 0.4) is 0 Å². The fourth-order valence-corrected chi connectivity index (χ4v) is 1.07. The van der Waals surface area contributed by atoms with E-state index in [2.05, 4.69) is 5.32 Å². The fourth-order valence-electron chi connectivity index (χ4n) is 1.07. The second kappa shape index (κ2) is 11.1. The van der Waals surface area contributed by atoms with Crippen molar-refractivity contribution in [2.75, 3.05) is 33.4 Å². The van der Waals surface area contributed by atoms with Gasteiger partial charge in [-0.25, -0.2) is 0 Å². The van der Waals surface area contributed by atoms with Crippen molar-refractivity contribution in [2.24, 2.45) is 0 Å². The zero-order chi connectivity index (χ0) is 14.5. The molecule has 0 radical (unpaired) electrons. The summed E-state index contributed by atoms with van der Waals surface area (Å²) >= 11 is 0. The SMILES string of the molecule is CN(CCOCCC(=O)NCC=O)C(=O)/C=C\C=O. The molecule has 0 aliphatic carbocycles. The van der Waals surface area contributed by atoms with E-state index >= 15 is 0 Å². The lowest BCUT2D eigenvalue weighted by Crippen LogP contribution is -2.29. The van der Waals surface area contributed by atoms with Crippen molar-refractivity contribution in [3.63, 3.8) is 0 Å². The average Bonchev–Trinajstić information content (AvgIpc) is 2.41. The zero-order valence-electron chi connectivity index (χ0n) is 10.8. The van der Waals surface area contributed by atoms with Gasteiger partial charge in [0.2, 0.25) is 11.8 Å². The summed E-state index contributed by atoms with van der Waals surface area (Å²) in [6.45, 7) is 0.867. The molecule has 0 saturated carbocycles. The lowest BCUT2D eigenvalue weighted by Gasteiger charge is -2.14. The number of hydrogen-bond donors (Lipinski definition) is 1. The summed E-state index contributed by atoms with van der Waals surface area (Å²) in [5, 5.41) is 2.38. The molecule has 0 atom stereocenters. The average molecular weight is 270 g/mol. The second-order valence-electron chi connectivity index (χ2n) is 3.59. The maximum absolute atomic E-state index is 11.3. The number of rotatable bonds is 10. The lowest BCUT2D eigenvalue weighted by atomic mass is 10.4. The van der Waals surface area contributed by atoms with Crippen LogP contribution in [0, 0.1) is 0 Å². The minimum Gasteiger partial charge on any atom is -0.379 e. The Morgan fingerprint density at radius 1 is 1.26 bits per heavy atom. The molecule has 0 bridgehead atoms. The molecular weight excluding hydrogens is 252 g/mol. The Labute approximate surface area is 111 Å². The fraction of sp³-hybridized carbons (Fsp3) is 0.500. The molecule has 19 heavy (non-hydrogen) atoms. The maximum atomic E-state index is 11.3. The number of amides is 2. The van der Waals surface area contributed by atoms with Crippen LogP contribution in [0.4, 0.5) is 0 Å². The Morgan fingerprint density at radius 3 is 2.63 bits per heavy atom. The van der Waals surface area contributed by atoms with Crippen molar-refractivity contribution in [1.29, 1.82) is 0 Å². The van der Waals surface area contributed by atoms with E-state index in [1.807, 2.05) is 0 Å². The molecule has 0 aromatic rings. The zero-order valence-corrected chi connectivity index (χ0v) is 10.8. The number of carbonyl (C=O) groups excluding carboxylic acids is 4. The van der Waals surface area contributed by atoms with Crippen LogP contribution in [0.25, 0.3) is 0 Å². The molecule has 0 aliphatic heterocycles. The monoisotopic (exact) mass is 270 g/mol. The van der Waals surface area contributed by atoms with Crippen molar-refractivity contribution in [3.8, 4) is 0 Å². The van der Waals surface area contributed by atoms with Crippen LogP contribution in [-0.4, -0.2) is 62.6 Å². The van der Waals surface area contributed by atoms with Gasteiger partial charge in [0.15, 0.2) is 0 Å². The minimum absolute atomic E-state index is 0.000853. The Balaban J connectivity index is 3.60. The smallest absolute Gasteiger partial charge is 0.246 e. The number of ether oxygens (including phenoxy) is 1. The molecule has 2 amide bonds. The van der Waals surface area contributed by atoms with Crippen LogP contribution in [0.2, 0.25) is 0 Å². The molecular formula is C12H18N2O5. The standard InChI is InChI=1S/C12H18N2O5/c1-14(12(18)3-2-7-15)6-10-19-9-4-11(17)13-5-8-16/h2-3,7-8H,4-6,9-10H2,1H3,(H,13,17)/b3-2-. The van der Waals surface area contributed by atoms with Crippen molar-refractivity contribution in [1.82, 2.24) is 10.2 Å². The van der Waals surface area contributed by atoms with Gasteiger partial charge in [-0.2, -0.15) is 0 Å². The molecule has 7 heteroatoms. The third kappa shape index (κ3) is 9.66. The minimum atomic E-state index is -0.292. The van der Waals surface area contributed by atoms with Crippen molar-refractivity contribution in [3.05, 3.63) is 12.2 Å². The quantitative estimate of drug-likeness (QED) is 0.310. The number of nitrogens with zero attached hydrogens (tertiary/aromatic N) is 1. The number of aldehydes is 2. The van der Waals surface area contributed by atoms with E-state index in [1.165, 1.54) is 11.0 Å². The van der Waals surface area contributed by atoms with E-state index < -0.39 is 0 Å². The number of allylic oxidation sites excluding steroid dienone is 1. The van der Waals surface area contributed by atoms with Crippen LogP contribution < -0.4 is 5.32 Å². The van der Waals surface area contributed by atoms with E-state index in [9.17, 15) is 19.2 Å². The summed E-state index contributed by atoms with van der Waals surface area (Å²) < 4.78 is 5.17. The highest BCUT2D eigenvalue weighted by Gasteiger charge is 2.04. The molecule has 0 aliphatic rings. The van der Waals surface area contributed by atoms with Crippen molar-refractivity contribution in [2.45, 2.75) is 6.42 Å². The van der Waals surface area contributed by atoms with Gasteiger partial charge >= 0.3 is 0 Å². The summed E-state index contributed by atoms with van der Waals surface area (Å²) in [7, 11) is 1.58. The van der Waals surface area contributed by atoms with Crippen LogP contribution in [0.5, 0.6) is 0 Å². The molecule has 0 heterocycles. The molecule has 0 spiro atoms. The van der Waals surface area contributed by atoms with Gasteiger partial charge in [-0.15, -0.1) is 0 Å². The Bertz CT molecular complexity index is 341. The summed E-state index contributed by atoms with van der Waals surface area (Å²) in [6.07, 6.45) is 3.58. The number of hydrogen-bond acceptors (Lipinski definition) is 5. The first kappa shape index (κ1) is 17.0. The van der Waals surface area contributed by atoms with E-state index in [0.29, 0.717) is 19.1 Å². The topological polar surface area (TPSA) is 92.8 Å². The van der Waals surface area contributed by atoms with Gasteiger partial charge < -0.3 is 19.7 Å². The van der Waals surface area contributed by atoms with Gasteiger partial charge in [-0.3, -0.25) is 14.4 Å². The van der Waals surface area contributed by atoms with Gasteiger partial charge in [-0.1, -0.05) is 0 Å². The molecule has 0 rings (SSSR count). The summed E-state index contributed by atoms with van der Waals surface area (Å²) in [6, 6.07) is 0. The van der Waals surface area contributed by atoms with Crippen LogP contribution in [0.1, 0.15) is 6.42 Å². The first-order valence-electron chi connectivity index (χ1n) is 5.76. The maximum Gasteiger partial charge on any atom is 0.246 e. The third-order valence-corrected chi connectivity index (χ3v) is 2.12. The van der Waals surface area contributed by atoms with E-state index in [4.69, 9.17) is 4.74 Å². The summed E-state index contributed by atoms with van der Waals surface area (Å²) in [4.78, 5) is 43.8. The molecule has 7 nitrogen and oxygen atoms in total. The Hall–Kier alpha value is -2.02. The second-order valence-corrected chi connectivity index (χ2v) is 3.59. The van der Waals surface area contributed by atoms with E-state index in [1.54, 1.807) is 7.05 Å². The normalized spacial score (nSPS) is 10.2. The largest absolute Gasteiger partial charge is 0.379 e. The predicted octanol–water partition coefficient (Wildman–Crippen LogP) is -1.08. The van der Waals surface area contributed by atoms with Crippen molar-refractivity contribution >= 4 is 24.4 Å². The molecule has 0 aromatic carbocycles. The van der Waals surface area contributed by atoms with E-state index in [0.717, 1.165) is 6.08 Å². The van der Waals surface area contributed by atoms with Crippen LogP contribution in [0.15, 0.2) is 12.2 Å². The van der Waals surface area contributed by atoms with Crippen LogP contribution in [-0.2, 0) is 23.9 Å². The number of carbonyl (C=O) groups is 4. The highest BCUT2D eigenvalue weighted by Crippen LogP contribution is 1.89. The third-order valence-electron chi connectivity index (χ3n) is 2.12. The summed E-state index contributed by atoms with van der Waals surface area (Å²) in [5.74, 6) is -0.551. The van der Waals surface area contributed by atoms with E-state index in [-0.39, 0.29) is 38.0 Å². The Morgan fingerprint density at radius 2 is 2.00 bits per heavy atom. The molecule has 0 unspecified atom stereocenters.